The maximum Gasteiger partial charge on any atom is 0.0794 e. The molecule has 1 fully saturated rings. The molecule has 3 atom stereocenters. The number of thiazole rings is 1. The summed E-state index contributed by atoms with van der Waals surface area (Å²) < 4.78 is 0. The van der Waals surface area contributed by atoms with E-state index in [0.717, 1.165) is 11.8 Å². The Morgan fingerprint density at radius 2 is 2.40 bits per heavy atom. The van der Waals surface area contributed by atoms with E-state index in [1.165, 1.54) is 30.6 Å². The first kappa shape index (κ1) is 11.1. The molecule has 1 saturated carbocycles. The van der Waals surface area contributed by atoms with Gasteiger partial charge < -0.3 is 5.32 Å². The highest BCUT2D eigenvalue weighted by Gasteiger charge is 2.30. The summed E-state index contributed by atoms with van der Waals surface area (Å²) in [6, 6.07) is 0.708. The summed E-state index contributed by atoms with van der Waals surface area (Å²) in [6.45, 7) is 2.32. The minimum absolute atomic E-state index is 0.708. The average Bonchev–Trinajstić information content (AvgIpc) is 2.81. The van der Waals surface area contributed by atoms with Gasteiger partial charge in [0.05, 0.1) is 5.51 Å². The van der Waals surface area contributed by atoms with Gasteiger partial charge in [-0.1, -0.05) is 13.3 Å². The Bertz CT molecular complexity index is 284. The van der Waals surface area contributed by atoms with Crippen molar-refractivity contribution in [3.8, 4) is 0 Å². The minimum atomic E-state index is 0.708. The van der Waals surface area contributed by atoms with E-state index in [2.05, 4.69) is 30.5 Å². The quantitative estimate of drug-likeness (QED) is 0.853. The van der Waals surface area contributed by atoms with Crippen molar-refractivity contribution in [3.63, 3.8) is 0 Å². The van der Waals surface area contributed by atoms with Gasteiger partial charge in [0.1, 0.15) is 0 Å². The van der Waals surface area contributed by atoms with Crippen molar-refractivity contribution in [1.29, 1.82) is 0 Å². The highest BCUT2D eigenvalue weighted by Crippen LogP contribution is 2.40. The van der Waals surface area contributed by atoms with E-state index in [0.29, 0.717) is 6.04 Å². The Kier molecular flexibility index (Phi) is 3.76. The van der Waals surface area contributed by atoms with Gasteiger partial charge in [0.25, 0.3) is 0 Å². The zero-order valence-electron chi connectivity index (χ0n) is 9.57. The molecule has 3 unspecified atom stereocenters. The van der Waals surface area contributed by atoms with Gasteiger partial charge in [0.2, 0.25) is 0 Å². The molecule has 0 saturated heterocycles. The van der Waals surface area contributed by atoms with Gasteiger partial charge >= 0.3 is 0 Å². The summed E-state index contributed by atoms with van der Waals surface area (Å²) in [4.78, 5) is 5.70. The standard InChI is InChI=1S/C12H20N2S/c1-3-9-4-5-10(13-2)6-11(9)12-7-14-8-15-12/h7-11,13H,3-6H2,1-2H3. The molecule has 0 spiro atoms. The van der Waals surface area contributed by atoms with Crippen LogP contribution in [0.5, 0.6) is 0 Å². The molecule has 1 heterocycles. The zero-order chi connectivity index (χ0) is 10.7. The second-order valence-corrected chi connectivity index (χ2v) is 5.40. The van der Waals surface area contributed by atoms with Crippen LogP contribution >= 0.6 is 11.3 Å². The number of hydrogen-bond acceptors (Lipinski definition) is 3. The lowest BCUT2D eigenvalue weighted by molar-refractivity contribution is 0.257. The predicted molar refractivity (Wildman–Crippen MR) is 65.3 cm³/mol. The van der Waals surface area contributed by atoms with E-state index in [-0.39, 0.29) is 0 Å². The minimum Gasteiger partial charge on any atom is -0.317 e. The average molecular weight is 224 g/mol. The molecule has 0 radical (unpaired) electrons. The van der Waals surface area contributed by atoms with Crippen LogP contribution in [-0.2, 0) is 0 Å². The van der Waals surface area contributed by atoms with Crippen LogP contribution in [-0.4, -0.2) is 18.1 Å². The lowest BCUT2D eigenvalue weighted by Crippen LogP contribution is -2.34. The maximum atomic E-state index is 4.22. The molecule has 84 valence electrons. The van der Waals surface area contributed by atoms with E-state index in [9.17, 15) is 0 Å². The van der Waals surface area contributed by atoms with Crippen LogP contribution in [0.2, 0.25) is 0 Å². The Balaban J connectivity index is 2.10. The van der Waals surface area contributed by atoms with Crippen molar-refractivity contribution >= 4 is 11.3 Å². The van der Waals surface area contributed by atoms with Crippen molar-refractivity contribution < 1.29 is 0 Å². The van der Waals surface area contributed by atoms with Crippen LogP contribution < -0.4 is 5.32 Å². The molecule has 0 amide bonds. The van der Waals surface area contributed by atoms with E-state index < -0.39 is 0 Å². The molecule has 1 aromatic rings. The third-order valence-electron chi connectivity index (χ3n) is 3.74. The summed E-state index contributed by atoms with van der Waals surface area (Å²) in [5.41, 5.74) is 1.96. The van der Waals surface area contributed by atoms with Crippen LogP contribution in [0.1, 0.15) is 43.4 Å². The molecule has 2 rings (SSSR count). The fraction of sp³-hybridized carbons (Fsp3) is 0.750. The summed E-state index contributed by atoms with van der Waals surface area (Å²) in [6.07, 6.45) is 7.36. The van der Waals surface area contributed by atoms with E-state index in [1.54, 1.807) is 0 Å². The first-order valence-electron chi connectivity index (χ1n) is 5.90. The van der Waals surface area contributed by atoms with Crippen LogP contribution in [0.15, 0.2) is 11.7 Å². The summed E-state index contributed by atoms with van der Waals surface area (Å²) in [5.74, 6) is 1.61. The number of hydrogen-bond donors (Lipinski definition) is 1. The normalized spacial score (nSPS) is 31.7. The number of rotatable bonds is 3. The first-order valence-corrected chi connectivity index (χ1v) is 6.78. The Morgan fingerprint density at radius 3 is 3.00 bits per heavy atom. The van der Waals surface area contributed by atoms with E-state index in [1.807, 2.05) is 16.8 Å². The fourth-order valence-electron chi connectivity index (χ4n) is 2.74. The van der Waals surface area contributed by atoms with Gasteiger partial charge in [0, 0.05) is 17.1 Å². The Hall–Kier alpha value is -0.410. The third-order valence-corrected chi connectivity index (χ3v) is 4.65. The van der Waals surface area contributed by atoms with Crippen molar-refractivity contribution in [2.75, 3.05) is 7.05 Å². The van der Waals surface area contributed by atoms with Gasteiger partial charge in [-0.25, -0.2) is 0 Å². The number of nitrogens with one attached hydrogen (secondary N) is 1. The predicted octanol–water partition coefficient (Wildman–Crippen LogP) is 3.02. The van der Waals surface area contributed by atoms with Crippen LogP contribution in [0.4, 0.5) is 0 Å². The Morgan fingerprint density at radius 1 is 1.53 bits per heavy atom. The molecule has 15 heavy (non-hydrogen) atoms. The Labute approximate surface area is 96.1 Å². The molecule has 1 N–H and O–H groups in total. The first-order chi connectivity index (χ1) is 7.35. The second-order valence-electron chi connectivity index (χ2n) is 4.48. The van der Waals surface area contributed by atoms with Gasteiger partial charge in [-0.05, 0) is 38.1 Å². The van der Waals surface area contributed by atoms with Crippen LogP contribution in [0.25, 0.3) is 0 Å². The van der Waals surface area contributed by atoms with E-state index >= 15 is 0 Å². The van der Waals surface area contributed by atoms with Gasteiger partial charge in [0.15, 0.2) is 0 Å². The van der Waals surface area contributed by atoms with Crippen molar-refractivity contribution in [2.24, 2.45) is 5.92 Å². The molecule has 1 aliphatic rings. The molecule has 0 aliphatic heterocycles. The summed E-state index contributed by atoms with van der Waals surface area (Å²) in [7, 11) is 2.08. The SMILES string of the molecule is CCC1CCC(NC)CC1c1cncs1. The molecular formula is C12H20N2S. The van der Waals surface area contributed by atoms with Gasteiger partial charge in [-0.3, -0.25) is 4.98 Å². The smallest absolute Gasteiger partial charge is 0.0794 e. The van der Waals surface area contributed by atoms with E-state index in [4.69, 9.17) is 0 Å². The molecule has 0 aromatic carbocycles. The monoisotopic (exact) mass is 224 g/mol. The van der Waals surface area contributed by atoms with Gasteiger partial charge in [-0.15, -0.1) is 11.3 Å². The highest BCUT2D eigenvalue weighted by molar-refractivity contribution is 7.09. The zero-order valence-corrected chi connectivity index (χ0v) is 10.4. The van der Waals surface area contributed by atoms with Crippen molar-refractivity contribution in [1.82, 2.24) is 10.3 Å². The number of nitrogens with zero attached hydrogens (tertiary/aromatic N) is 1. The molecule has 3 heteroatoms. The second kappa shape index (κ2) is 5.08. The molecule has 0 bridgehead atoms. The van der Waals surface area contributed by atoms with Crippen molar-refractivity contribution in [2.45, 2.75) is 44.6 Å². The molecule has 1 aromatic heterocycles. The summed E-state index contributed by atoms with van der Waals surface area (Å²) >= 11 is 1.82. The highest BCUT2D eigenvalue weighted by atomic mass is 32.1. The molecule has 2 nitrogen and oxygen atoms in total. The lowest BCUT2D eigenvalue weighted by atomic mass is 9.75. The third kappa shape index (κ3) is 2.40. The van der Waals surface area contributed by atoms with Crippen LogP contribution in [0.3, 0.4) is 0 Å². The van der Waals surface area contributed by atoms with Crippen LogP contribution in [0, 0.1) is 5.92 Å². The fourth-order valence-corrected chi connectivity index (χ4v) is 3.57. The maximum absolute atomic E-state index is 4.22. The number of aromatic nitrogens is 1. The molecular weight excluding hydrogens is 204 g/mol. The van der Waals surface area contributed by atoms with Crippen molar-refractivity contribution in [3.05, 3.63) is 16.6 Å². The largest absolute Gasteiger partial charge is 0.317 e. The molecule has 1 aliphatic carbocycles. The lowest BCUT2D eigenvalue weighted by Gasteiger charge is -2.35. The van der Waals surface area contributed by atoms with Gasteiger partial charge in [-0.2, -0.15) is 0 Å². The summed E-state index contributed by atoms with van der Waals surface area (Å²) in [5, 5.41) is 3.42. The topological polar surface area (TPSA) is 24.9 Å².